The van der Waals surface area contributed by atoms with Gasteiger partial charge in [-0.3, -0.25) is 23.4 Å². The molecule has 2 heterocycles. The van der Waals surface area contributed by atoms with Crippen molar-refractivity contribution in [2.75, 3.05) is 19.8 Å². The van der Waals surface area contributed by atoms with Crippen LogP contribution < -0.4 is 11.2 Å². The molecule has 1 aromatic heterocycles. The number of halogens is 1. The van der Waals surface area contributed by atoms with E-state index in [0.29, 0.717) is 12.8 Å². The van der Waals surface area contributed by atoms with E-state index in [0.717, 1.165) is 23.3 Å². The molecular weight excluding hydrogens is 582 g/mol. The molecule has 2 aliphatic rings. The zero-order chi connectivity index (χ0) is 31.1. The molecule has 0 radical (unpaired) electrons. The van der Waals surface area contributed by atoms with E-state index in [4.69, 9.17) is 18.5 Å². The number of nitrogens with zero attached hydrogens (tertiary/aromatic N) is 1. The van der Waals surface area contributed by atoms with Crippen LogP contribution in [0.1, 0.15) is 122 Å². The summed E-state index contributed by atoms with van der Waals surface area (Å²) in [6.07, 6.45) is 17.4. The lowest BCUT2D eigenvalue weighted by Gasteiger charge is -2.24. The predicted octanol–water partition coefficient (Wildman–Crippen LogP) is 5.73. The van der Waals surface area contributed by atoms with Gasteiger partial charge in [0.25, 0.3) is 5.56 Å². The number of phosphoric ester groups is 1. The van der Waals surface area contributed by atoms with Gasteiger partial charge >= 0.3 is 13.5 Å². The first kappa shape index (κ1) is 36.1. The van der Waals surface area contributed by atoms with Crippen molar-refractivity contribution in [1.29, 1.82) is 0 Å². The fourth-order valence-corrected chi connectivity index (χ4v) is 6.99. The lowest BCUT2D eigenvalue weighted by Crippen LogP contribution is -2.35. The zero-order valence-electron chi connectivity index (χ0n) is 25.6. The second-order valence-corrected chi connectivity index (χ2v) is 13.5. The molecule has 1 aliphatic heterocycles. The summed E-state index contributed by atoms with van der Waals surface area (Å²) in [4.78, 5) is 35.1. The van der Waals surface area contributed by atoms with E-state index in [1.54, 1.807) is 0 Å². The monoisotopic (exact) mass is 634 g/mol. The number of unbranched alkanes of at least 4 members (excludes halogenated alkanes) is 9. The third kappa shape index (κ3) is 13.2. The molecule has 2 fully saturated rings. The normalized spacial score (nSPS) is 23.4. The van der Waals surface area contributed by atoms with Crippen molar-refractivity contribution < 1.29 is 37.5 Å². The summed E-state index contributed by atoms with van der Waals surface area (Å²) >= 11 is 0. The summed E-state index contributed by atoms with van der Waals surface area (Å²) in [6.45, 7) is 1.94. The van der Waals surface area contributed by atoms with Gasteiger partial charge in [0.05, 0.1) is 31.6 Å². The molecule has 43 heavy (non-hydrogen) atoms. The number of aliphatic hydroxyl groups is 1. The molecule has 1 aromatic rings. The Hall–Kier alpha value is -1.40. The third-order valence-corrected chi connectivity index (χ3v) is 9.60. The number of hydrogen-bond acceptors (Lipinski definition) is 8. The Balaban J connectivity index is 1.16. The number of H-pyrrole nitrogens is 1. The molecule has 13 heteroatoms. The van der Waals surface area contributed by atoms with E-state index < -0.39 is 49.4 Å². The number of hydrogen-bond donors (Lipinski definition) is 3. The van der Waals surface area contributed by atoms with E-state index in [9.17, 15) is 28.5 Å². The fraction of sp³-hybridized carbons (Fsp3) is 0.867. The standard InChI is InChI=1S/C30H52FN2O9P/c1-23(28-26(34)21-27(41-28)33-22-25(31)29(35)32-30(33)36)42-43(37,38)40-20-19-39-18-14-9-7-5-3-2-4-6-8-11-15-24-16-12-10-13-17-24/h22-24,26-28,34H,2-21H2,1H3,(H,37,38)(H,32,35,36)/t23-,26+,27-,28-/m1/s1. The molecule has 1 aliphatic carbocycles. The van der Waals surface area contributed by atoms with Crippen LogP contribution in [0.25, 0.3) is 0 Å². The topological polar surface area (TPSA) is 149 Å². The number of aromatic nitrogens is 2. The van der Waals surface area contributed by atoms with Crippen molar-refractivity contribution in [3.05, 3.63) is 32.9 Å². The van der Waals surface area contributed by atoms with Gasteiger partial charge in [-0.2, -0.15) is 4.39 Å². The van der Waals surface area contributed by atoms with Crippen molar-refractivity contribution in [3.8, 4) is 0 Å². The first-order valence-corrected chi connectivity index (χ1v) is 17.7. The Bertz CT molecular complexity index is 1090. The second kappa shape index (κ2) is 19.2. The van der Waals surface area contributed by atoms with Crippen LogP contribution in [0.3, 0.4) is 0 Å². The highest BCUT2D eigenvalue weighted by Crippen LogP contribution is 2.46. The van der Waals surface area contributed by atoms with Crippen LogP contribution in [0, 0.1) is 11.7 Å². The van der Waals surface area contributed by atoms with Crippen LogP contribution in [0.4, 0.5) is 4.39 Å². The van der Waals surface area contributed by atoms with Gasteiger partial charge in [0.15, 0.2) is 0 Å². The van der Waals surface area contributed by atoms with Crippen molar-refractivity contribution in [2.24, 2.45) is 5.92 Å². The quantitative estimate of drug-likeness (QED) is 0.114. The summed E-state index contributed by atoms with van der Waals surface area (Å²) in [5.74, 6) is -0.175. The Morgan fingerprint density at radius 2 is 1.63 bits per heavy atom. The average Bonchev–Trinajstić information content (AvgIpc) is 3.36. The van der Waals surface area contributed by atoms with Crippen molar-refractivity contribution in [3.63, 3.8) is 0 Å². The van der Waals surface area contributed by atoms with Crippen LogP contribution >= 0.6 is 7.82 Å². The zero-order valence-corrected chi connectivity index (χ0v) is 26.5. The number of ether oxygens (including phenoxy) is 2. The molecular formula is C30H52FN2O9P. The summed E-state index contributed by atoms with van der Waals surface area (Å²) in [7, 11) is -4.48. The maximum absolute atomic E-state index is 13.6. The Morgan fingerprint density at radius 1 is 1.00 bits per heavy atom. The number of aromatic amines is 1. The molecule has 0 amide bonds. The van der Waals surface area contributed by atoms with Crippen LogP contribution in [-0.4, -0.2) is 57.7 Å². The first-order valence-electron chi connectivity index (χ1n) is 16.2. The summed E-state index contributed by atoms with van der Waals surface area (Å²) < 4.78 is 48.0. The van der Waals surface area contributed by atoms with Gasteiger partial charge in [-0.15, -0.1) is 0 Å². The van der Waals surface area contributed by atoms with E-state index >= 15 is 0 Å². The van der Waals surface area contributed by atoms with Crippen LogP contribution in [0.15, 0.2) is 15.8 Å². The molecule has 11 nitrogen and oxygen atoms in total. The highest BCUT2D eigenvalue weighted by atomic mass is 31.2. The predicted molar refractivity (Wildman–Crippen MR) is 160 cm³/mol. The average molecular weight is 635 g/mol. The van der Waals surface area contributed by atoms with Gasteiger partial charge in [0.2, 0.25) is 5.82 Å². The lowest BCUT2D eigenvalue weighted by atomic mass is 9.85. The highest BCUT2D eigenvalue weighted by molar-refractivity contribution is 7.47. The minimum atomic E-state index is -4.48. The molecule has 1 unspecified atom stereocenters. The first-order chi connectivity index (χ1) is 20.7. The highest BCUT2D eigenvalue weighted by Gasteiger charge is 2.42. The van der Waals surface area contributed by atoms with Crippen LogP contribution in [-0.2, 0) is 23.1 Å². The molecule has 0 bridgehead atoms. The van der Waals surface area contributed by atoms with Gasteiger partial charge in [0.1, 0.15) is 12.3 Å². The smallest absolute Gasteiger partial charge is 0.390 e. The summed E-state index contributed by atoms with van der Waals surface area (Å²) in [5, 5.41) is 10.3. The van der Waals surface area contributed by atoms with Gasteiger partial charge in [0, 0.05) is 13.0 Å². The minimum absolute atomic E-state index is 0.117. The number of phosphoric acid groups is 1. The summed E-state index contributed by atoms with van der Waals surface area (Å²) in [6, 6.07) is 0. The molecule has 1 saturated carbocycles. The van der Waals surface area contributed by atoms with Gasteiger partial charge in [-0.1, -0.05) is 96.3 Å². The van der Waals surface area contributed by atoms with Gasteiger partial charge in [-0.05, 0) is 19.3 Å². The van der Waals surface area contributed by atoms with E-state index in [-0.39, 0.29) is 19.6 Å². The molecule has 5 atom stereocenters. The Morgan fingerprint density at radius 3 is 2.30 bits per heavy atom. The second-order valence-electron chi connectivity index (χ2n) is 12.1. The molecule has 1 saturated heterocycles. The summed E-state index contributed by atoms with van der Waals surface area (Å²) in [5.41, 5.74) is -2.07. The van der Waals surface area contributed by atoms with Crippen molar-refractivity contribution >= 4 is 7.82 Å². The van der Waals surface area contributed by atoms with E-state index in [1.165, 1.54) is 96.8 Å². The van der Waals surface area contributed by atoms with Crippen LogP contribution in [0.2, 0.25) is 0 Å². The molecule has 248 valence electrons. The van der Waals surface area contributed by atoms with Gasteiger partial charge < -0.3 is 19.5 Å². The minimum Gasteiger partial charge on any atom is -0.390 e. The largest absolute Gasteiger partial charge is 0.472 e. The van der Waals surface area contributed by atoms with Crippen LogP contribution in [0.5, 0.6) is 0 Å². The SMILES string of the molecule is C[C@@H](OP(=O)(O)OCCOCCCCCCCCCCCCC1CCCCC1)[C@H]1O[C@@H](n2cc(F)c(=O)[nH]c2=O)C[C@@H]1O. The van der Waals surface area contributed by atoms with Gasteiger partial charge in [-0.25, -0.2) is 9.36 Å². The third-order valence-electron chi connectivity index (χ3n) is 8.49. The van der Waals surface area contributed by atoms with Crippen molar-refractivity contribution in [1.82, 2.24) is 9.55 Å². The fourth-order valence-electron chi connectivity index (χ4n) is 6.09. The van der Waals surface area contributed by atoms with Crippen molar-refractivity contribution in [2.45, 2.75) is 141 Å². The Kier molecular flexibility index (Phi) is 16.1. The number of nitrogens with one attached hydrogen (secondary N) is 1. The molecule has 3 N–H and O–H groups in total. The molecule has 0 spiro atoms. The maximum Gasteiger partial charge on any atom is 0.472 e. The van der Waals surface area contributed by atoms with E-state index in [2.05, 4.69) is 0 Å². The van der Waals surface area contributed by atoms with E-state index in [1.807, 2.05) is 4.98 Å². The lowest BCUT2D eigenvalue weighted by molar-refractivity contribution is -0.0773. The number of rotatable bonds is 21. The maximum atomic E-state index is 13.6. The molecule has 0 aromatic carbocycles. The molecule has 3 rings (SSSR count). The Labute approximate surface area is 254 Å². The number of aliphatic hydroxyl groups excluding tert-OH is 1.